The first-order chi connectivity index (χ1) is 7.11. The summed E-state index contributed by atoms with van der Waals surface area (Å²) in [4.78, 5) is 0. The van der Waals surface area contributed by atoms with E-state index in [1.54, 1.807) is 13.1 Å². The summed E-state index contributed by atoms with van der Waals surface area (Å²) in [6.45, 7) is 0. The van der Waals surface area contributed by atoms with Gasteiger partial charge in [0.1, 0.15) is 6.10 Å². The van der Waals surface area contributed by atoms with Crippen LogP contribution in [0.3, 0.4) is 0 Å². The minimum Gasteiger partial charge on any atom is -0.453 e. The molecule has 2 aromatic rings. The van der Waals surface area contributed by atoms with Gasteiger partial charge in [0.25, 0.3) is 0 Å². The molecule has 0 bridgehead atoms. The van der Waals surface area contributed by atoms with Gasteiger partial charge in [0.05, 0.1) is 23.2 Å². The van der Waals surface area contributed by atoms with E-state index in [-0.39, 0.29) is 5.22 Å². The fourth-order valence-corrected chi connectivity index (χ4v) is 1.86. The fraction of sp³-hybridized carbons (Fsp3) is 0.222. The Morgan fingerprint density at radius 1 is 1.53 bits per heavy atom. The van der Waals surface area contributed by atoms with Gasteiger partial charge >= 0.3 is 0 Å². The van der Waals surface area contributed by atoms with Crippen LogP contribution in [0, 0.1) is 0 Å². The van der Waals surface area contributed by atoms with Gasteiger partial charge in [0.15, 0.2) is 5.22 Å². The van der Waals surface area contributed by atoms with Crippen molar-refractivity contribution < 1.29 is 9.52 Å². The zero-order valence-electron chi connectivity index (χ0n) is 7.82. The average Bonchev–Trinajstić information content (AvgIpc) is 2.73. The summed E-state index contributed by atoms with van der Waals surface area (Å²) in [6.07, 6.45) is 1.94. The van der Waals surface area contributed by atoms with E-state index in [0.29, 0.717) is 16.3 Å². The standard InChI is InChI=1S/C9H8Cl2N2O2/c1-13-7(6(10)4-12-13)8(14)5-2-3-15-9(5)11/h2-4,8,14H,1H3. The smallest absolute Gasteiger partial charge is 0.199 e. The quantitative estimate of drug-likeness (QED) is 0.886. The molecule has 6 heteroatoms. The van der Waals surface area contributed by atoms with Gasteiger partial charge in [0.2, 0.25) is 0 Å². The molecule has 0 aromatic carbocycles. The highest BCUT2D eigenvalue weighted by Crippen LogP contribution is 2.32. The Labute approximate surface area is 96.0 Å². The van der Waals surface area contributed by atoms with Crippen LogP contribution < -0.4 is 0 Å². The Balaban J connectivity index is 2.45. The molecule has 0 fully saturated rings. The number of rotatable bonds is 2. The first-order valence-corrected chi connectivity index (χ1v) is 4.95. The molecule has 2 rings (SSSR count). The summed E-state index contributed by atoms with van der Waals surface area (Å²) in [6, 6.07) is 1.59. The van der Waals surface area contributed by atoms with Crippen LogP contribution in [0.5, 0.6) is 0 Å². The van der Waals surface area contributed by atoms with Gasteiger partial charge in [-0.25, -0.2) is 0 Å². The van der Waals surface area contributed by atoms with Crippen molar-refractivity contribution in [2.24, 2.45) is 7.05 Å². The molecule has 1 N–H and O–H groups in total. The molecule has 0 aliphatic rings. The Morgan fingerprint density at radius 2 is 2.27 bits per heavy atom. The van der Waals surface area contributed by atoms with Gasteiger partial charge < -0.3 is 9.52 Å². The summed E-state index contributed by atoms with van der Waals surface area (Å²) in [7, 11) is 1.69. The van der Waals surface area contributed by atoms with Gasteiger partial charge in [0, 0.05) is 12.6 Å². The third-order valence-electron chi connectivity index (χ3n) is 2.14. The third kappa shape index (κ3) is 1.76. The van der Waals surface area contributed by atoms with Crippen LogP contribution in [-0.4, -0.2) is 14.9 Å². The second kappa shape index (κ2) is 3.89. The number of aliphatic hydroxyl groups excluding tert-OH is 1. The Morgan fingerprint density at radius 3 is 2.73 bits per heavy atom. The zero-order valence-corrected chi connectivity index (χ0v) is 9.33. The third-order valence-corrected chi connectivity index (χ3v) is 2.74. The van der Waals surface area contributed by atoms with Crippen LogP contribution in [0.1, 0.15) is 17.4 Å². The van der Waals surface area contributed by atoms with E-state index >= 15 is 0 Å². The number of aromatic nitrogens is 2. The van der Waals surface area contributed by atoms with E-state index in [4.69, 9.17) is 27.6 Å². The first-order valence-electron chi connectivity index (χ1n) is 4.19. The number of aliphatic hydroxyl groups is 1. The second-order valence-electron chi connectivity index (χ2n) is 3.05. The zero-order chi connectivity index (χ0) is 11.0. The van der Waals surface area contributed by atoms with Crippen molar-refractivity contribution in [3.63, 3.8) is 0 Å². The number of hydrogen-bond acceptors (Lipinski definition) is 3. The highest BCUT2D eigenvalue weighted by Gasteiger charge is 2.22. The molecule has 0 aliphatic carbocycles. The fourth-order valence-electron chi connectivity index (χ4n) is 1.37. The Hall–Kier alpha value is -0.970. The molecular formula is C9H8Cl2N2O2. The maximum Gasteiger partial charge on any atom is 0.199 e. The van der Waals surface area contributed by atoms with Crippen molar-refractivity contribution in [3.05, 3.63) is 40.0 Å². The minimum atomic E-state index is -0.934. The van der Waals surface area contributed by atoms with Crippen LogP contribution in [0.15, 0.2) is 22.9 Å². The van der Waals surface area contributed by atoms with Gasteiger partial charge in [-0.3, -0.25) is 4.68 Å². The monoisotopic (exact) mass is 246 g/mol. The lowest BCUT2D eigenvalue weighted by Crippen LogP contribution is -2.06. The van der Waals surface area contributed by atoms with Gasteiger partial charge in [-0.2, -0.15) is 5.10 Å². The van der Waals surface area contributed by atoms with Gasteiger partial charge in [-0.15, -0.1) is 0 Å². The normalized spacial score (nSPS) is 13.1. The average molecular weight is 247 g/mol. The first kappa shape index (κ1) is 10.5. The van der Waals surface area contributed by atoms with Crippen molar-refractivity contribution in [1.29, 1.82) is 0 Å². The molecule has 0 aliphatic heterocycles. The van der Waals surface area contributed by atoms with Crippen molar-refractivity contribution in [2.45, 2.75) is 6.10 Å². The van der Waals surface area contributed by atoms with E-state index in [0.717, 1.165) is 0 Å². The minimum absolute atomic E-state index is 0.153. The van der Waals surface area contributed by atoms with Crippen LogP contribution in [0.4, 0.5) is 0 Å². The molecule has 2 heterocycles. The number of halogens is 2. The molecule has 80 valence electrons. The summed E-state index contributed by atoms with van der Waals surface area (Å²) in [5.41, 5.74) is 0.960. The van der Waals surface area contributed by atoms with Gasteiger partial charge in [-0.1, -0.05) is 11.6 Å². The van der Waals surface area contributed by atoms with E-state index in [1.165, 1.54) is 17.1 Å². The molecule has 15 heavy (non-hydrogen) atoms. The number of aryl methyl sites for hydroxylation is 1. The molecule has 1 unspecified atom stereocenters. The highest BCUT2D eigenvalue weighted by atomic mass is 35.5. The second-order valence-corrected chi connectivity index (χ2v) is 3.80. The number of nitrogens with zero attached hydrogens (tertiary/aromatic N) is 2. The van der Waals surface area contributed by atoms with Crippen molar-refractivity contribution in [3.8, 4) is 0 Å². The molecular weight excluding hydrogens is 239 g/mol. The highest BCUT2D eigenvalue weighted by molar-refractivity contribution is 6.31. The molecule has 4 nitrogen and oxygen atoms in total. The lowest BCUT2D eigenvalue weighted by atomic mass is 10.1. The van der Waals surface area contributed by atoms with E-state index in [2.05, 4.69) is 5.10 Å². The van der Waals surface area contributed by atoms with Crippen molar-refractivity contribution in [1.82, 2.24) is 9.78 Å². The predicted octanol–water partition coefficient (Wildman–Crippen LogP) is 2.40. The Kier molecular flexibility index (Phi) is 2.73. The molecule has 0 amide bonds. The molecule has 0 spiro atoms. The van der Waals surface area contributed by atoms with E-state index in [9.17, 15) is 5.11 Å². The van der Waals surface area contributed by atoms with Crippen molar-refractivity contribution in [2.75, 3.05) is 0 Å². The summed E-state index contributed by atoms with van der Waals surface area (Å²) < 4.78 is 6.39. The van der Waals surface area contributed by atoms with Crippen LogP contribution >= 0.6 is 23.2 Å². The Bertz CT molecular complexity index is 459. The van der Waals surface area contributed by atoms with Gasteiger partial charge in [-0.05, 0) is 17.7 Å². The van der Waals surface area contributed by atoms with E-state index in [1.807, 2.05) is 0 Å². The summed E-state index contributed by atoms with van der Waals surface area (Å²) in [5.74, 6) is 0. The van der Waals surface area contributed by atoms with Crippen LogP contribution in [0.25, 0.3) is 0 Å². The molecule has 0 saturated carbocycles. The topological polar surface area (TPSA) is 51.2 Å². The molecule has 0 saturated heterocycles. The van der Waals surface area contributed by atoms with Crippen molar-refractivity contribution >= 4 is 23.2 Å². The maximum atomic E-state index is 10.0. The summed E-state index contributed by atoms with van der Waals surface area (Å²) >= 11 is 11.6. The maximum absolute atomic E-state index is 10.0. The lowest BCUT2D eigenvalue weighted by Gasteiger charge is -2.09. The summed E-state index contributed by atoms with van der Waals surface area (Å²) in [5, 5.41) is 14.5. The van der Waals surface area contributed by atoms with Crippen LogP contribution in [0.2, 0.25) is 10.2 Å². The number of hydrogen-bond donors (Lipinski definition) is 1. The molecule has 2 aromatic heterocycles. The largest absolute Gasteiger partial charge is 0.453 e. The number of furan rings is 1. The van der Waals surface area contributed by atoms with Crippen LogP contribution in [-0.2, 0) is 7.05 Å². The predicted molar refractivity (Wildman–Crippen MR) is 56.0 cm³/mol. The molecule has 1 atom stereocenters. The SMILES string of the molecule is Cn1ncc(Cl)c1C(O)c1ccoc1Cl. The van der Waals surface area contributed by atoms with E-state index < -0.39 is 6.10 Å². The molecule has 0 radical (unpaired) electrons. The lowest BCUT2D eigenvalue weighted by molar-refractivity contribution is 0.209.